The Bertz CT molecular complexity index is 481. The van der Waals surface area contributed by atoms with Crippen LogP contribution in [0.2, 0.25) is 13.1 Å². The van der Waals surface area contributed by atoms with Gasteiger partial charge in [0.25, 0.3) is 0 Å². The summed E-state index contributed by atoms with van der Waals surface area (Å²) in [5.74, 6) is 0. The van der Waals surface area contributed by atoms with E-state index in [2.05, 4.69) is 26.9 Å². The highest BCUT2D eigenvalue weighted by molar-refractivity contribution is 6.71. The van der Waals surface area contributed by atoms with Crippen LogP contribution in [0.15, 0.2) is 0 Å². The highest BCUT2D eigenvalue weighted by Gasteiger charge is 2.22. The molecule has 0 atom stereocenters. The minimum Gasteiger partial charge on any atom is -0.415 e. The average Bonchev–Trinajstić information content (AvgIpc) is 2.98. The van der Waals surface area contributed by atoms with E-state index in [0.29, 0.717) is 0 Å². The summed E-state index contributed by atoms with van der Waals surface area (Å²) in [5, 5.41) is 0. The van der Waals surface area contributed by atoms with Crippen LogP contribution >= 0.6 is 0 Å². The van der Waals surface area contributed by atoms with Gasteiger partial charge in [0.15, 0.2) is 0 Å². The predicted octanol–water partition coefficient (Wildman–Crippen LogP) is 14.3. The molecule has 0 saturated heterocycles. The Morgan fingerprint density at radius 3 is 0.833 bits per heavy atom. The monoisotopic (exact) mass is 611 g/mol. The Morgan fingerprint density at radius 2 is 0.548 bits per heavy atom. The first-order valence-corrected chi connectivity index (χ1v) is 23.0. The third kappa shape index (κ3) is 36.3. The van der Waals surface area contributed by atoms with Gasteiger partial charge in [-0.25, -0.2) is 0 Å². The molecule has 0 N–H and O–H groups in total. The SMILES string of the molecule is CCCCCCCCCCCCCCCCCCOC[Si](C)(C)OCCCCCCCCCCCCCCCCCC. The smallest absolute Gasteiger partial charge is 0.211 e. The number of unbranched alkanes of at least 4 members (excludes halogenated alkanes) is 30. The van der Waals surface area contributed by atoms with Crippen LogP contribution in [0, 0.1) is 0 Å². The molecule has 3 heteroatoms. The summed E-state index contributed by atoms with van der Waals surface area (Å²) in [5.41, 5.74) is 0. The fraction of sp³-hybridized carbons (Fsp3) is 1.00. The maximum absolute atomic E-state index is 6.30. The van der Waals surface area contributed by atoms with Crippen LogP contribution in [-0.4, -0.2) is 27.8 Å². The first-order valence-electron chi connectivity index (χ1n) is 19.8. The van der Waals surface area contributed by atoms with Gasteiger partial charge in [0.1, 0.15) is 0 Å². The molecule has 0 aliphatic carbocycles. The summed E-state index contributed by atoms with van der Waals surface area (Å²) in [6.45, 7) is 11.1. The van der Waals surface area contributed by atoms with E-state index < -0.39 is 8.32 Å². The lowest BCUT2D eigenvalue weighted by atomic mass is 10.0. The first-order chi connectivity index (χ1) is 20.6. The van der Waals surface area contributed by atoms with Gasteiger partial charge in [-0.3, -0.25) is 0 Å². The Hall–Kier alpha value is 0.137. The Balaban J connectivity index is 3.25. The van der Waals surface area contributed by atoms with Crippen molar-refractivity contribution in [2.24, 2.45) is 0 Å². The zero-order valence-electron chi connectivity index (χ0n) is 30.1. The lowest BCUT2D eigenvalue weighted by molar-refractivity contribution is 0.148. The third-order valence-electron chi connectivity index (χ3n) is 9.08. The second-order valence-corrected chi connectivity index (χ2v) is 18.4. The minimum absolute atomic E-state index is 0.866. The normalized spacial score (nSPS) is 12.0. The van der Waals surface area contributed by atoms with Crippen molar-refractivity contribution in [1.82, 2.24) is 0 Å². The van der Waals surface area contributed by atoms with E-state index in [0.717, 1.165) is 19.4 Å². The van der Waals surface area contributed by atoms with E-state index in [1.807, 2.05) is 0 Å². The van der Waals surface area contributed by atoms with Gasteiger partial charge >= 0.3 is 0 Å². The van der Waals surface area contributed by atoms with Crippen LogP contribution in [0.1, 0.15) is 219 Å². The molecule has 0 aliphatic heterocycles. The highest BCUT2D eigenvalue weighted by atomic mass is 28.4. The van der Waals surface area contributed by atoms with E-state index in [1.165, 1.54) is 205 Å². The van der Waals surface area contributed by atoms with Gasteiger partial charge in [-0.15, -0.1) is 0 Å². The topological polar surface area (TPSA) is 18.5 Å². The van der Waals surface area contributed by atoms with Gasteiger partial charge < -0.3 is 9.16 Å². The lowest BCUT2D eigenvalue weighted by Crippen LogP contribution is -2.37. The molecule has 0 unspecified atom stereocenters. The molecule has 0 aromatic carbocycles. The molecule has 0 aromatic rings. The van der Waals surface area contributed by atoms with Crippen molar-refractivity contribution in [3.63, 3.8) is 0 Å². The Morgan fingerprint density at radius 1 is 0.310 bits per heavy atom. The number of ether oxygens (including phenoxy) is 1. The number of hydrogen-bond donors (Lipinski definition) is 0. The second-order valence-electron chi connectivity index (χ2n) is 14.3. The molecule has 0 radical (unpaired) electrons. The van der Waals surface area contributed by atoms with Crippen LogP contribution in [0.4, 0.5) is 0 Å². The van der Waals surface area contributed by atoms with Crippen molar-refractivity contribution >= 4 is 8.32 Å². The second kappa shape index (κ2) is 35.6. The molecule has 0 heterocycles. The summed E-state index contributed by atoms with van der Waals surface area (Å²) in [6.07, 6.45) is 46.4. The summed E-state index contributed by atoms with van der Waals surface area (Å²) >= 11 is 0. The first kappa shape index (κ1) is 42.1. The number of hydrogen-bond acceptors (Lipinski definition) is 2. The van der Waals surface area contributed by atoms with E-state index in [4.69, 9.17) is 9.16 Å². The van der Waals surface area contributed by atoms with E-state index in [-0.39, 0.29) is 0 Å². The fourth-order valence-corrected chi connectivity index (χ4v) is 7.53. The van der Waals surface area contributed by atoms with Gasteiger partial charge in [-0.2, -0.15) is 0 Å². The standard InChI is InChI=1S/C39H82O2Si/c1-5-7-9-11-13-15-17-19-21-23-25-27-29-31-33-35-37-40-39-42(3,4)41-38-36-34-32-30-28-26-24-22-20-18-16-14-12-10-8-6-2/h5-39H2,1-4H3. The van der Waals surface area contributed by atoms with E-state index in [1.54, 1.807) is 0 Å². The molecule has 2 nitrogen and oxygen atoms in total. The summed E-state index contributed by atoms with van der Waals surface area (Å²) in [7, 11) is -1.65. The molecular weight excluding hydrogens is 529 g/mol. The van der Waals surface area contributed by atoms with Gasteiger partial charge in [0.05, 0.1) is 6.23 Å². The quantitative estimate of drug-likeness (QED) is 0.0514. The highest BCUT2D eigenvalue weighted by Crippen LogP contribution is 2.16. The van der Waals surface area contributed by atoms with Gasteiger partial charge in [0, 0.05) is 13.2 Å². The Kier molecular flexibility index (Phi) is 35.7. The zero-order chi connectivity index (χ0) is 30.7. The summed E-state index contributed by atoms with van der Waals surface area (Å²) < 4.78 is 12.3. The Labute approximate surface area is 268 Å². The molecule has 42 heavy (non-hydrogen) atoms. The molecular formula is C39H82O2Si. The molecule has 0 aromatic heterocycles. The molecule has 254 valence electrons. The van der Waals surface area contributed by atoms with Crippen molar-refractivity contribution in [3.05, 3.63) is 0 Å². The van der Waals surface area contributed by atoms with Crippen molar-refractivity contribution in [2.75, 3.05) is 19.4 Å². The summed E-state index contributed by atoms with van der Waals surface area (Å²) in [4.78, 5) is 0. The van der Waals surface area contributed by atoms with Gasteiger partial charge in [0.2, 0.25) is 8.32 Å². The van der Waals surface area contributed by atoms with Crippen LogP contribution < -0.4 is 0 Å². The van der Waals surface area contributed by atoms with Crippen LogP contribution in [-0.2, 0) is 9.16 Å². The van der Waals surface area contributed by atoms with Gasteiger partial charge in [-0.05, 0) is 25.9 Å². The predicted molar refractivity (Wildman–Crippen MR) is 193 cm³/mol. The number of rotatable bonds is 37. The molecule has 0 bridgehead atoms. The zero-order valence-corrected chi connectivity index (χ0v) is 31.1. The molecule has 0 aliphatic rings. The third-order valence-corrected chi connectivity index (χ3v) is 11.0. The van der Waals surface area contributed by atoms with Crippen molar-refractivity contribution in [2.45, 2.75) is 232 Å². The molecule has 0 fully saturated rings. The van der Waals surface area contributed by atoms with Gasteiger partial charge in [-0.1, -0.05) is 206 Å². The summed E-state index contributed by atoms with van der Waals surface area (Å²) in [6, 6.07) is 0. The van der Waals surface area contributed by atoms with Crippen LogP contribution in [0.3, 0.4) is 0 Å². The van der Waals surface area contributed by atoms with E-state index in [9.17, 15) is 0 Å². The average molecular weight is 611 g/mol. The van der Waals surface area contributed by atoms with Crippen molar-refractivity contribution in [3.8, 4) is 0 Å². The maximum Gasteiger partial charge on any atom is 0.211 e. The maximum atomic E-state index is 6.30. The van der Waals surface area contributed by atoms with Crippen molar-refractivity contribution < 1.29 is 9.16 Å². The molecule has 0 rings (SSSR count). The van der Waals surface area contributed by atoms with Crippen molar-refractivity contribution in [1.29, 1.82) is 0 Å². The fourth-order valence-electron chi connectivity index (χ4n) is 6.11. The molecule has 0 amide bonds. The lowest BCUT2D eigenvalue weighted by Gasteiger charge is -2.22. The van der Waals surface area contributed by atoms with Crippen LogP contribution in [0.25, 0.3) is 0 Å². The molecule has 0 saturated carbocycles. The van der Waals surface area contributed by atoms with E-state index >= 15 is 0 Å². The minimum atomic E-state index is -1.65. The van der Waals surface area contributed by atoms with Crippen LogP contribution in [0.5, 0.6) is 0 Å². The largest absolute Gasteiger partial charge is 0.415 e. The molecule has 0 spiro atoms.